The Labute approximate surface area is 157 Å². The zero-order valence-electron chi connectivity index (χ0n) is 16.0. The summed E-state index contributed by atoms with van der Waals surface area (Å²) in [5, 5.41) is 2.79. The number of carbonyl (C=O) groups excluding carboxylic acids is 2. The molecule has 0 spiro atoms. The van der Waals surface area contributed by atoms with Gasteiger partial charge in [0.1, 0.15) is 0 Å². The van der Waals surface area contributed by atoms with E-state index in [-0.39, 0.29) is 24.3 Å². The first-order valence-corrected chi connectivity index (χ1v) is 9.63. The molecule has 2 rings (SSSR count). The van der Waals surface area contributed by atoms with Crippen molar-refractivity contribution in [1.29, 1.82) is 0 Å². The van der Waals surface area contributed by atoms with Gasteiger partial charge in [0.05, 0.1) is 6.54 Å². The number of carbonyl (C=O) groups is 2. The maximum absolute atomic E-state index is 12.3. The lowest BCUT2D eigenvalue weighted by Gasteiger charge is -2.34. The number of nitrogens with one attached hydrogen (secondary N) is 1. The maximum atomic E-state index is 12.3. The molecule has 26 heavy (non-hydrogen) atoms. The fourth-order valence-corrected chi connectivity index (χ4v) is 3.16. The maximum Gasteiger partial charge on any atom is 0.242 e. The Morgan fingerprint density at radius 1 is 1.08 bits per heavy atom. The van der Waals surface area contributed by atoms with Gasteiger partial charge in [-0.1, -0.05) is 56.3 Å². The molecular formula is C21H31N3O2. The second-order valence-electron chi connectivity index (χ2n) is 6.73. The Balaban J connectivity index is 1.68. The van der Waals surface area contributed by atoms with E-state index >= 15 is 0 Å². The van der Waals surface area contributed by atoms with Crippen LogP contribution in [0.5, 0.6) is 0 Å². The lowest BCUT2D eigenvalue weighted by Crippen LogP contribution is -2.51. The predicted octanol–water partition coefficient (Wildman–Crippen LogP) is 2.40. The molecule has 1 heterocycles. The van der Waals surface area contributed by atoms with Crippen LogP contribution in [0.1, 0.15) is 32.3 Å². The van der Waals surface area contributed by atoms with E-state index in [0.717, 1.165) is 45.6 Å². The standard InChI is InChI=1S/C21H31N3O2/c1-3-19(4-2)21(26)22-17-20(25)24-15-13-23(14-16-24)12-8-11-18-9-6-5-7-10-18/h5-11,19H,3-4,12-17H2,1-2H3,(H,22,26)/b11-8+. The lowest BCUT2D eigenvalue weighted by atomic mass is 10.0. The van der Waals surface area contributed by atoms with Gasteiger partial charge in [-0.2, -0.15) is 0 Å². The Morgan fingerprint density at radius 3 is 2.35 bits per heavy atom. The Morgan fingerprint density at radius 2 is 1.73 bits per heavy atom. The van der Waals surface area contributed by atoms with Crippen LogP contribution in [0, 0.1) is 5.92 Å². The van der Waals surface area contributed by atoms with Gasteiger partial charge in [-0.05, 0) is 18.4 Å². The van der Waals surface area contributed by atoms with Crippen LogP contribution in [0.2, 0.25) is 0 Å². The van der Waals surface area contributed by atoms with Crippen molar-refractivity contribution in [2.75, 3.05) is 39.3 Å². The molecular weight excluding hydrogens is 326 g/mol. The summed E-state index contributed by atoms with van der Waals surface area (Å²) in [5.74, 6) is 0.0212. The molecule has 1 aliphatic rings. The first kappa shape index (κ1) is 20.2. The summed E-state index contributed by atoms with van der Waals surface area (Å²) < 4.78 is 0. The monoisotopic (exact) mass is 357 g/mol. The summed E-state index contributed by atoms with van der Waals surface area (Å²) in [6.07, 6.45) is 5.92. The lowest BCUT2D eigenvalue weighted by molar-refractivity contribution is -0.135. The van der Waals surface area contributed by atoms with E-state index in [0.29, 0.717) is 0 Å². The molecule has 1 aliphatic heterocycles. The molecule has 0 aromatic heterocycles. The number of hydrogen-bond donors (Lipinski definition) is 1. The van der Waals surface area contributed by atoms with Gasteiger partial charge in [0.15, 0.2) is 0 Å². The van der Waals surface area contributed by atoms with E-state index in [9.17, 15) is 9.59 Å². The molecule has 1 aromatic rings. The molecule has 1 aromatic carbocycles. The van der Waals surface area contributed by atoms with Gasteiger partial charge in [-0.3, -0.25) is 14.5 Å². The van der Waals surface area contributed by atoms with Crippen molar-refractivity contribution in [1.82, 2.24) is 15.1 Å². The van der Waals surface area contributed by atoms with Crippen LogP contribution in [0.3, 0.4) is 0 Å². The van der Waals surface area contributed by atoms with Crippen molar-refractivity contribution in [3.63, 3.8) is 0 Å². The van der Waals surface area contributed by atoms with Gasteiger partial charge >= 0.3 is 0 Å². The first-order chi connectivity index (χ1) is 12.6. The van der Waals surface area contributed by atoms with Crippen molar-refractivity contribution >= 4 is 17.9 Å². The third kappa shape index (κ3) is 6.30. The summed E-state index contributed by atoms with van der Waals surface area (Å²) in [5.41, 5.74) is 1.20. The van der Waals surface area contributed by atoms with Crippen LogP contribution < -0.4 is 5.32 Å². The number of nitrogens with zero attached hydrogens (tertiary/aromatic N) is 2. The first-order valence-electron chi connectivity index (χ1n) is 9.63. The van der Waals surface area contributed by atoms with Gasteiger partial charge in [0, 0.05) is 38.6 Å². The molecule has 5 heteroatoms. The van der Waals surface area contributed by atoms with Crippen molar-refractivity contribution in [3.8, 4) is 0 Å². The Hall–Kier alpha value is -2.14. The molecule has 1 saturated heterocycles. The molecule has 0 bridgehead atoms. The van der Waals surface area contributed by atoms with E-state index in [1.54, 1.807) is 0 Å². The zero-order chi connectivity index (χ0) is 18.8. The van der Waals surface area contributed by atoms with Crippen LogP contribution in [-0.2, 0) is 9.59 Å². The van der Waals surface area contributed by atoms with Gasteiger partial charge in [-0.25, -0.2) is 0 Å². The SMILES string of the molecule is CCC(CC)C(=O)NCC(=O)N1CCN(C/C=C/c2ccccc2)CC1. The summed E-state index contributed by atoms with van der Waals surface area (Å²) in [6, 6.07) is 10.3. The third-order valence-corrected chi connectivity index (χ3v) is 4.97. The molecule has 0 unspecified atom stereocenters. The second-order valence-corrected chi connectivity index (χ2v) is 6.73. The minimum atomic E-state index is -0.00645. The molecule has 1 fully saturated rings. The van der Waals surface area contributed by atoms with E-state index in [1.807, 2.05) is 36.9 Å². The highest BCUT2D eigenvalue weighted by Crippen LogP contribution is 2.07. The van der Waals surface area contributed by atoms with Gasteiger partial charge in [0.25, 0.3) is 0 Å². The highest BCUT2D eigenvalue weighted by Gasteiger charge is 2.21. The molecule has 142 valence electrons. The summed E-state index contributed by atoms with van der Waals surface area (Å²) in [4.78, 5) is 28.5. The zero-order valence-corrected chi connectivity index (χ0v) is 16.0. The highest BCUT2D eigenvalue weighted by atomic mass is 16.2. The highest BCUT2D eigenvalue weighted by molar-refractivity contribution is 5.85. The van der Waals surface area contributed by atoms with Crippen LogP contribution in [0.25, 0.3) is 6.08 Å². The van der Waals surface area contributed by atoms with Gasteiger partial charge in [-0.15, -0.1) is 0 Å². The van der Waals surface area contributed by atoms with Crippen molar-refractivity contribution in [3.05, 3.63) is 42.0 Å². The molecule has 0 atom stereocenters. The van der Waals surface area contributed by atoms with Crippen LogP contribution in [0.15, 0.2) is 36.4 Å². The van der Waals surface area contributed by atoms with Crippen molar-refractivity contribution in [2.45, 2.75) is 26.7 Å². The fourth-order valence-electron chi connectivity index (χ4n) is 3.16. The topological polar surface area (TPSA) is 52.7 Å². The molecule has 0 saturated carbocycles. The van der Waals surface area contributed by atoms with E-state index in [4.69, 9.17) is 0 Å². The summed E-state index contributed by atoms with van der Waals surface area (Å²) in [6.45, 7) is 8.18. The van der Waals surface area contributed by atoms with Crippen molar-refractivity contribution < 1.29 is 9.59 Å². The predicted molar refractivity (Wildman–Crippen MR) is 106 cm³/mol. The Kier molecular flexibility index (Phi) is 8.35. The number of hydrogen-bond acceptors (Lipinski definition) is 3. The molecule has 0 radical (unpaired) electrons. The minimum Gasteiger partial charge on any atom is -0.347 e. The average Bonchev–Trinajstić information content (AvgIpc) is 2.68. The minimum absolute atomic E-state index is 0.00645. The van der Waals surface area contributed by atoms with Crippen LogP contribution in [0.4, 0.5) is 0 Å². The number of rotatable bonds is 8. The molecule has 2 amide bonds. The van der Waals surface area contributed by atoms with E-state index in [1.165, 1.54) is 5.56 Å². The van der Waals surface area contributed by atoms with Crippen LogP contribution in [-0.4, -0.2) is 60.9 Å². The Bertz CT molecular complexity index is 589. The number of benzene rings is 1. The smallest absolute Gasteiger partial charge is 0.242 e. The van der Waals surface area contributed by atoms with E-state index < -0.39 is 0 Å². The third-order valence-electron chi connectivity index (χ3n) is 4.97. The average molecular weight is 357 g/mol. The van der Waals surface area contributed by atoms with E-state index in [2.05, 4.69) is 34.5 Å². The summed E-state index contributed by atoms with van der Waals surface area (Å²) in [7, 11) is 0. The fraction of sp³-hybridized carbons (Fsp3) is 0.524. The molecule has 0 aliphatic carbocycles. The van der Waals surface area contributed by atoms with Gasteiger partial charge in [0.2, 0.25) is 11.8 Å². The van der Waals surface area contributed by atoms with Gasteiger partial charge < -0.3 is 10.2 Å². The molecule has 1 N–H and O–H groups in total. The number of piperazine rings is 1. The van der Waals surface area contributed by atoms with Crippen LogP contribution >= 0.6 is 0 Å². The molecule has 5 nitrogen and oxygen atoms in total. The second kappa shape index (κ2) is 10.8. The quantitative estimate of drug-likeness (QED) is 0.777. The number of amides is 2. The normalized spacial score (nSPS) is 15.6. The summed E-state index contributed by atoms with van der Waals surface area (Å²) >= 11 is 0. The largest absolute Gasteiger partial charge is 0.347 e. The van der Waals surface area contributed by atoms with Crippen molar-refractivity contribution in [2.24, 2.45) is 5.92 Å².